The lowest BCUT2D eigenvalue weighted by atomic mass is 10.1. The van der Waals surface area contributed by atoms with Crippen LogP contribution >= 0.6 is 0 Å². The Hall–Kier alpha value is -1.95. The van der Waals surface area contributed by atoms with E-state index in [2.05, 4.69) is 10.1 Å². The molecule has 2 fully saturated rings. The van der Waals surface area contributed by atoms with Gasteiger partial charge >= 0.3 is 0 Å². The van der Waals surface area contributed by atoms with Crippen LogP contribution in [0.25, 0.3) is 0 Å². The van der Waals surface area contributed by atoms with Gasteiger partial charge < -0.3 is 4.90 Å². The van der Waals surface area contributed by atoms with Crippen LogP contribution in [0, 0.1) is 11.3 Å². The first-order chi connectivity index (χ1) is 11.0. The fraction of sp³-hybridized carbons (Fsp3) is 0.714. The van der Waals surface area contributed by atoms with E-state index < -0.39 is 9.84 Å². The molecule has 0 bridgehead atoms. The molecule has 2 heterocycles. The van der Waals surface area contributed by atoms with E-state index in [9.17, 15) is 13.2 Å². The second kappa shape index (κ2) is 6.28. The molecule has 0 N–H and O–H groups in total. The maximum atomic E-state index is 12.8. The molecule has 3 rings (SSSR count). The number of hydrogen-bond acceptors (Lipinski definition) is 6. The maximum Gasteiger partial charge on any atom is 0.252 e. The van der Waals surface area contributed by atoms with E-state index in [0.717, 1.165) is 25.7 Å². The first-order valence-electron chi connectivity index (χ1n) is 7.79. The Balaban J connectivity index is 1.77. The summed E-state index contributed by atoms with van der Waals surface area (Å²) in [6, 6.07) is 1.69. The fourth-order valence-electron chi connectivity index (χ4n) is 3.52. The van der Waals surface area contributed by atoms with Gasteiger partial charge in [-0.05, 0) is 19.3 Å². The second-order valence-electron chi connectivity index (χ2n) is 6.17. The molecule has 1 saturated carbocycles. The van der Waals surface area contributed by atoms with Gasteiger partial charge in [-0.3, -0.25) is 4.79 Å². The highest BCUT2D eigenvalue weighted by Crippen LogP contribution is 2.29. The highest BCUT2D eigenvalue weighted by atomic mass is 32.2. The van der Waals surface area contributed by atoms with Gasteiger partial charge in [-0.25, -0.2) is 18.1 Å². The average molecular weight is 337 g/mol. The molecule has 1 aliphatic carbocycles. The highest BCUT2D eigenvalue weighted by Gasteiger charge is 2.39. The Morgan fingerprint density at radius 1 is 1.35 bits per heavy atom. The van der Waals surface area contributed by atoms with Crippen molar-refractivity contribution >= 4 is 15.7 Å². The molecule has 124 valence electrons. The minimum absolute atomic E-state index is 0.0122. The number of rotatable bonds is 4. The van der Waals surface area contributed by atoms with E-state index in [1.165, 1.54) is 11.0 Å². The molecule has 0 spiro atoms. The van der Waals surface area contributed by atoms with Gasteiger partial charge in [0.15, 0.2) is 9.84 Å². The first kappa shape index (κ1) is 15.9. The Bertz CT molecular complexity index is 730. The van der Waals surface area contributed by atoms with Gasteiger partial charge in [-0.1, -0.05) is 12.8 Å². The third-order valence-electron chi connectivity index (χ3n) is 4.54. The largest absolute Gasteiger partial charge is 0.334 e. The summed E-state index contributed by atoms with van der Waals surface area (Å²) < 4.78 is 24.9. The SMILES string of the molecule is N#Cc1ncn(CC(=O)N(C2CCCC2)[C@@H]2CCS(=O)(=O)C2)n1. The third kappa shape index (κ3) is 3.52. The summed E-state index contributed by atoms with van der Waals surface area (Å²) in [6.45, 7) is -0.0122. The molecule has 2 aliphatic rings. The Kier molecular flexibility index (Phi) is 4.35. The Labute approximate surface area is 135 Å². The molecular weight excluding hydrogens is 318 g/mol. The molecule has 9 heteroatoms. The molecule has 0 aromatic carbocycles. The van der Waals surface area contributed by atoms with Crippen LogP contribution in [0.2, 0.25) is 0 Å². The average Bonchev–Trinajstić information content (AvgIpc) is 3.21. The monoisotopic (exact) mass is 337 g/mol. The molecule has 1 aromatic heterocycles. The van der Waals surface area contributed by atoms with Gasteiger partial charge in [0.05, 0.1) is 11.5 Å². The smallest absolute Gasteiger partial charge is 0.252 e. The fourth-order valence-corrected chi connectivity index (χ4v) is 5.24. The van der Waals surface area contributed by atoms with Crippen molar-refractivity contribution in [1.82, 2.24) is 19.7 Å². The van der Waals surface area contributed by atoms with Crippen LogP contribution in [-0.2, 0) is 21.2 Å². The normalized spacial score (nSPS) is 23.7. The molecule has 8 nitrogen and oxygen atoms in total. The van der Waals surface area contributed by atoms with Gasteiger partial charge in [0.1, 0.15) is 18.9 Å². The number of aromatic nitrogens is 3. The molecule has 1 amide bonds. The predicted octanol–water partition coefficient (Wildman–Crippen LogP) is 0.108. The van der Waals surface area contributed by atoms with Crippen molar-refractivity contribution in [3.63, 3.8) is 0 Å². The molecule has 1 aliphatic heterocycles. The van der Waals surface area contributed by atoms with E-state index in [1.807, 2.05) is 6.07 Å². The van der Waals surface area contributed by atoms with Crippen molar-refractivity contribution in [2.24, 2.45) is 0 Å². The standard InChI is InChI=1S/C14H19N5O3S/c15-7-13-16-10-18(17-13)8-14(20)19(11-3-1-2-4-11)12-5-6-23(21,22)9-12/h10-12H,1-6,8-9H2/t12-/m1/s1. The summed E-state index contributed by atoms with van der Waals surface area (Å²) in [5.41, 5.74) is 0. The van der Waals surface area contributed by atoms with E-state index in [1.54, 1.807) is 4.90 Å². The lowest BCUT2D eigenvalue weighted by molar-refractivity contribution is -0.136. The van der Waals surface area contributed by atoms with Crippen molar-refractivity contribution in [1.29, 1.82) is 5.26 Å². The molecule has 1 aromatic rings. The van der Waals surface area contributed by atoms with Crippen LogP contribution in [0.1, 0.15) is 37.9 Å². The number of carbonyl (C=O) groups excluding carboxylic acids is 1. The summed E-state index contributed by atoms with van der Waals surface area (Å²) in [5, 5.41) is 12.7. The van der Waals surface area contributed by atoms with Crippen molar-refractivity contribution in [3.05, 3.63) is 12.2 Å². The quantitative estimate of drug-likeness (QED) is 0.771. The van der Waals surface area contributed by atoms with Crippen LogP contribution < -0.4 is 0 Å². The zero-order chi connectivity index (χ0) is 16.4. The van der Waals surface area contributed by atoms with Gasteiger partial charge in [-0.15, -0.1) is 5.10 Å². The summed E-state index contributed by atoms with van der Waals surface area (Å²) in [4.78, 5) is 18.3. The second-order valence-corrected chi connectivity index (χ2v) is 8.40. The number of amides is 1. The summed E-state index contributed by atoms with van der Waals surface area (Å²) in [7, 11) is -3.05. The van der Waals surface area contributed by atoms with Crippen LogP contribution in [0.3, 0.4) is 0 Å². The number of carbonyl (C=O) groups is 1. The minimum atomic E-state index is -3.05. The molecular formula is C14H19N5O3S. The van der Waals surface area contributed by atoms with Gasteiger partial charge in [0, 0.05) is 12.1 Å². The van der Waals surface area contributed by atoms with Crippen molar-refractivity contribution in [2.75, 3.05) is 11.5 Å². The molecule has 1 atom stereocenters. The zero-order valence-corrected chi connectivity index (χ0v) is 13.6. The lowest BCUT2D eigenvalue weighted by Gasteiger charge is -2.34. The van der Waals surface area contributed by atoms with Crippen molar-refractivity contribution in [3.8, 4) is 6.07 Å². The number of hydrogen-bond donors (Lipinski definition) is 0. The van der Waals surface area contributed by atoms with Crippen molar-refractivity contribution in [2.45, 2.75) is 50.7 Å². The van der Waals surface area contributed by atoms with Crippen LogP contribution in [0.5, 0.6) is 0 Å². The van der Waals surface area contributed by atoms with Gasteiger partial charge in [-0.2, -0.15) is 5.26 Å². The van der Waals surface area contributed by atoms with Gasteiger partial charge in [0.25, 0.3) is 5.82 Å². The van der Waals surface area contributed by atoms with Crippen LogP contribution in [-0.4, -0.2) is 57.6 Å². The van der Waals surface area contributed by atoms with E-state index in [0.29, 0.717) is 6.42 Å². The highest BCUT2D eigenvalue weighted by molar-refractivity contribution is 7.91. The summed E-state index contributed by atoms with van der Waals surface area (Å²) in [6.07, 6.45) is 5.83. The zero-order valence-electron chi connectivity index (χ0n) is 12.8. The minimum Gasteiger partial charge on any atom is -0.334 e. The predicted molar refractivity (Wildman–Crippen MR) is 80.9 cm³/mol. The maximum absolute atomic E-state index is 12.8. The summed E-state index contributed by atoms with van der Waals surface area (Å²) >= 11 is 0. The van der Waals surface area contributed by atoms with E-state index in [-0.39, 0.29) is 41.9 Å². The molecule has 0 unspecified atom stereocenters. The van der Waals surface area contributed by atoms with E-state index >= 15 is 0 Å². The third-order valence-corrected chi connectivity index (χ3v) is 6.29. The molecule has 0 radical (unpaired) electrons. The number of sulfone groups is 1. The lowest BCUT2D eigenvalue weighted by Crippen LogP contribution is -2.48. The number of nitriles is 1. The van der Waals surface area contributed by atoms with E-state index in [4.69, 9.17) is 5.26 Å². The van der Waals surface area contributed by atoms with Crippen LogP contribution in [0.4, 0.5) is 0 Å². The molecule has 1 saturated heterocycles. The van der Waals surface area contributed by atoms with Crippen LogP contribution in [0.15, 0.2) is 6.33 Å². The topological polar surface area (TPSA) is 109 Å². The molecule has 23 heavy (non-hydrogen) atoms. The Morgan fingerprint density at radius 3 is 2.65 bits per heavy atom. The number of nitrogens with zero attached hydrogens (tertiary/aromatic N) is 5. The Morgan fingerprint density at radius 2 is 2.09 bits per heavy atom. The van der Waals surface area contributed by atoms with Gasteiger partial charge in [0.2, 0.25) is 5.91 Å². The van der Waals surface area contributed by atoms with Crippen molar-refractivity contribution < 1.29 is 13.2 Å². The summed E-state index contributed by atoms with van der Waals surface area (Å²) in [5.74, 6) is 0.0774. The first-order valence-corrected chi connectivity index (χ1v) is 9.62.